The van der Waals surface area contributed by atoms with Crippen LogP contribution in [0.5, 0.6) is 5.75 Å². The maximum absolute atomic E-state index is 11.2. The summed E-state index contributed by atoms with van der Waals surface area (Å²) >= 11 is 5.90. The highest BCUT2D eigenvalue weighted by atomic mass is 35.5. The molecule has 1 aromatic rings. The van der Waals surface area contributed by atoms with Gasteiger partial charge in [0.25, 0.3) is 0 Å². The summed E-state index contributed by atoms with van der Waals surface area (Å²) in [5.41, 5.74) is 6.06. The van der Waals surface area contributed by atoms with E-state index in [1.54, 1.807) is 25.3 Å². The van der Waals surface area contributed by atoms with Gasteiger partial charge in [-0.05, 0) is 25.1 Å². The van der Waals surface area contributed by atoms with Crippen LogP contribution in [0.4, 0.5) is 0 Å². The summed E-state index contributed by atoms with van der Waals surface area (Å²) in [6, 6.07) is 5.08. The molecule has 0 heterocycles. The smallest absolute Gasteiger partial charge is 0.234 e. The van der Waals surface area contributed by atoms with Gasteiger partial charge in [-0.25, -0.2) is 0 Å². The van der Waals surface area contributed by atoms with Gasteiger partial charge in [0, 0.05) is 10.6 Å². The molecule has 0 aromatic heterocycles. The molecule has 0 spiro atoms. The Morgan fingerprint density at radius 2 is 2.31 bits per heavy atom. The molecule has 1 atom stereocenters. The molecule has 88 valence electrons. The third-order valence-corrected chi connectivity index (χ3v) is 2.46. The molecule has 1 unspecified atom stereocenters. The second kappa shape index (κ2) is 5.72. The van der Waals surface area contributed by atoms with E-state index in [0.29, 0.717) is 10.8 Å². The molecule has 4 nitrogen and oxygen atoms in total. The summed E-state index contributed by atoms with van der Waals surface area (Å²) in [6.07, 6.45) is 0. The second-order valence-corrected chi connectivity index (χ2v) is 3.82. The van der Waals surface area contributed by atoms with Crippen molar-refractivity contribution >= 4 is 17.5 Å². The van der Waals surface area contributed by atoms with Crippen molar-refractivity contribution in [1.82, 2.24) is 5.32 Å². The van der Waals surface area contributed by atoms with E-state index in [1.807, 2.05) is 6.92 Å². The Morgan fingerprint density at radius 1 is 1.62 bits per heavy atom. The van der Waals surface area contributed by atoms with Crippen LogP contribution in [0.2, 0.25) is 5.02 Å². The lowest BCUT2D eigenvalue weighted by Gasteiger charge is -2.17. The van der Waals surface area contributed by atoms with E-state index >= 15 is 0 Å². The minimum absolute atomic E-state index is 0.0345. The molecule has 0 fully saturated rings. The van der Waals surface area contributed by atoms with Crippen LogP contribution in [0.3, 0.4) is 0 Å². The lowest BCUT2D eigenvalue weighted by molar-refractivity contribution is -0.120. The Labute approximate surface area is 99.7 Å². The Kier molecular flexibility index (Phi) is 4.58. The van der Waals surface area contributed by atoms with Crippen molar-refractivity contribution in [3.05, 3.63) is 28.8 Å². The van der Waals surface area contributed by atoms with Crippen molar-refractivity contribution in [2.45, 2.75) is 13.0 Å². The normalized spacial score (nSPS) is 12.0. The molecule has 1 amide bonds. The summed E-state index contributed by atoms with van der Waals surface area (Å²) in [5, 5.41) is 3.35. The first kappa shape index (κ1) is 12.8. The van der Waals surface area contributed by atoms with Crippen molar-refractivity contribution in [3.63, 3.8) is 0 Å². The van der Waals surface area contributed by atoms with Crippen molar-refractivity contribution in [3.8, 4) is 5.75 Å². The number of hydrogen-bond donors (Lipinski definition) is 2. The summed E-state index contributed by atoms with van der Waals surface area (Å²) < 4.78 is 5.20. The lowest BCUT2D eigenvalue weighted by Crippen LogP contribution is -2.32. The number of carbonyl (C=O) groups excluding carboxylic acids is 1. The van der Waals surface area contributed by atoms with Gasteiger partial charge in [0.2, 0.25) is 5.91 Å². The van der Waals surface area contributed by atoms with Crippen LogP contribution in [-0.2, 0) is 4.79 Å². The minimum Gasteiger partial charge on any atom is -0.496 e. The first-order valence-electron chi connectivity index (χ1n) is 4.91. The van der Waals surface area contributed by atoms with Crippen LogP contribution in [0, 0.1) is 0 Å². The summed E-state index contributed by atoms with van der Waals surface area (Å²) in [5.74, 6) is 0.476. The van der Waals surface area contributed by atoms with Crippen molar-refractivity contribution in [2.75, 3.05) is 13.7 Å². The number of nitrogens with two attached hydrogens (primary N) is 1. The molecule has 16 heavy (non-hydrogen) atoms. The van der Waals surface area contributed by atoms with Crippen LogP contribution in [0.15, 0.2) is 18.2 Å². The first-order valence-corrected chi connectivity index (χ1v) is 5.29. The van der Waals surface area contributed by atoms with Crippen LogP contribution in [-0.4, -0.2) is 19.6 Å². The highest BCUT2D eigenvalue weighted by Gasteiger charge is 2.13. The molecular weight excluding hydrogens is 228 g/mol. The topological polar surface area (TPSA) is 64.3 Å². The van der Waals surface area contributed by atoms with Gasteiger partial charge in [-0.15, -0.1) is 0 Å². The third kappa shape index (κ3) is 3.12. The zero-order valence-electron chi connectivity index (χ0n) is 9.29. The maximum atomic E-state index is 11.2. The molecule has 0 aliphatic rings. The Balaban J connectivity index is 2.92. The molecule has 0 radical (unpaired) electrons. The maximum Gasteiger partial charge on any atom is 0.234 e. The molecule has 5 heteroatoms. The Bertz CT molecular complexity index is 382. The SMILES string of the molecule is COc1ccc(Cl)cc1C(C)NC(=O)CN. The molecule has 0 aliphatic heterocycles. The molecule has 0 bridgehead atoms. The van der Waals surface area contributed by atoms with Crippen molar-refractivity contribution in [2.24, 2.45) is 5.73 Å². The summed E-state index contributed by atoms with van der Waals surface area (Å²) in [6.45, 7) is 1.81. The molecule has 1 rings (SSSR count). The molecule has 0 saturated heterocycles. The van der Waals surface area contributed by atoms with Gasteiger partial charge in [0.15, 0.2) is 0 Å². The zero-order chi connectivity index (χ0) is 12.1. The van der Waals surface area contributed by atoms with E-state index in [0.717, 1.165) is 5.56 Å². The zero-order valence-corrected chi connectivity index (χ0v) is 10.0. The molecule has 3 N–H and O–H groups in total. The Hall–Kier alpha value is -1.26. The fourth-order valence-corrected chi connectivity index (χ4v) is 1.60. The van der Waals surface area contributed by atoms with E-state index in [2.05, 4.69) is 5.32 Å². The number of benzene rings is 1. The highest BCUT2D eigenvalue weighted by Crippen LogP contribution is 2.27. The van der Waals surface area contributed by atoms with Gasteiger partial charge >= 0.3 is 0 Å². The van der Waals surface area contributed by atoms with E-state index in [1.165, 1.54) is 0 Å². The van der Waals surface area contributed by atoms with Gasteiger partial charge in [-0.3, -0.25) is 4.79 Å². The van der Waals surface area contributed by atoms with E-state index in [-0.39, 0.29) is 18.5 Å². The highest BCUT2D eigenvalue weighted by molar-refractivity contribution is 6.30. The number of nitrogens with one attached hydrogen (secondary N) is 1. The van der Waals surface area contributed by atoms with Crippen LogP contribution in [0.25, 0.3) is 0 Å². The van der Waals surface area contributed by atoms with Gasteiger partial charge < -0.3 is 15.8 Å². The van der Waals surface area contributed by atoms with Crippen LogP contribution >= 0.6 is 11.6 Å². The number of rotatable bonds is 4. The Morgan fingerprint density at radius 3 is 2.88 bits per heavy atom. The molecular formula is C11H15ClN2O2. The average molecular weight is 243 g/mol. The third-order valence-electron chi connectivity index (χ3n) is 2.22. The van der Waals surface area contributed by atoms with E-state index in [4.69, 9.17) is 22.1 Å². The fraction of sp³-hybridized carbons (Fsp3) is 0.364. The van der Waals surface area contributed by atoms with Gasteiger partial charge in [-0.2, -0.15) is 0 Å². The van der Waals surface area contributed by atoms with E-state index < -0.39 is 0 Å². The van der Waals surface area contributed by atoms with Gasteiger partial charge in [-0.1, -0.05) is 11.6 Å². The number of hydrogen-bond acceptors (Lipinski definition) is 3. The molecule has 1 aromatic carbocycles. The quantitative estimate of drug-likeness (QED) is 0.841. The van der Waals surface area contributed by atoms with Crippen LogP contribution in [0.1, 0.15) is 18.5 Å². The predicted octanol–water partition coefficient (Wildman–Crippen LogP) is 1.48. The standard InChI is InChI=1S/C11H15ClN2O2/c1-7(14-11(15)6-13)9-5-8(12)3-4-10(9)16-2/h3-5,7H,6,13H2,1-2H3,(H,14,15). The van der Waals surface area contributed by atoms with Crippen LogP contribution < -0.4 is 15.8 Å². The fourth-order valence-electron chi connectivity index (χ4n) is 1.42. The average Bonchev–Trinajstić information content (AvgIpc) is 2.28. The number of carbonyl (C=O) groups is 1. The van der Waals surface area contributed by atoms with E-state index in [9.17, 15) is 4.79 Å². The summed E-state index contributed by atoms with van der Waals surface area (Å²) in [7, 11) is 1.57. The number of amides is 1. The monoisotopic (exact) mass is 242 g/mol. The second-order valence-electron chi connectivity index (χ2n) is 3.38. The number of ether oxygens (including phenoxy) is 1. The number of methoxy groups -OCH3 is 1. The van der Waals surface area contributed by atoms with Gasteiger partial charge in [0.1, 0.15) is 5.75 Å². The largest absolute Gasteiger partial charge is 0.496 e. The summed E-state index contributed by atoms with van der Waals surface area (Å²) in [4.78, 5) is 11.2. The van der Waals surface area contributed by atoms with Crippen molar-refractivity contribution in [1.29, 1.82) is 0 Å². The predicted molar refractivity (Wildman–Crippen MR) is 63.6 cm³/mol. The first-order chi connectivity index (χ1) is 7.58. The van der Waals surface area contributed by atoms with Gasteiger partial charge in [0.05, 0.1) is 19.7 Å². The lowest BCUT2D eigenvalue weighted by atomic mass is 10.1. The number of halogens is 1. The molecule has 0 saturated carbocycles. The molecule has 0 aliphatic carbocycles. The van der Waals surface area contributed by atoms with Crippen molar-refractivity contribution < 1.29 is 9.53 Å². The minimum atomic E-state index is -0.213.